The van der Waals surface area contributed by atoms with Gasteiger partial charge in [-0.25, -0.2) is 4.98 Å². The first kappa shape index (κ1) is 17.2. The van der Waals surface area contributed by atoms with Gasteiger partial charge in [0.1, 0.15) is 11.6 Å². The van der Waals surface area contributed by atoms with Crippen LogP contribution in [0.15, 0.2) is 42.6 Å². The highest BCUT2D eigenvalue weighted by Crippen LogP contribution is 2.14. The summed E-state index contributed by atoms with van der Waals surface area (Å²) < 4.78 is 10.7. The predicted molar refractivity (Wildman–Crippen MR) is 95.9 cm³/mol. The van der Waals surface area contributed by atoms with E-state index in [0.29, 0.717) is 24.5 Å². The summed E-state index contributed by atoms with van der Waals surface area (Å²) in [4.78, 5) is 16.5. The van der Waals surface area contributed by atoms with Crippen LogP contribution in [0.5, 0.6) is 5.75 Å². The Bertz CT molecular complexity index is 697. The zero-order chi connectivity index (χ0) is 17.5. The van der Waals surface area contributed by atoms with Gasteiger partial charge in [-0.1, -0.05) is 12.1 Å². The number of carbonyl (C=O) groups is 1. The second kappa shape index (κ2) is 8.48. The summed E-state index contributed by atoms with van der Waals surface area (Å²) in [6, 6.07) is 11.3. The van der Waals surface area contributed by atoms with E-state index in [1.54, 1.807) is 25.4 Å². The van der Waals surface area contributed by atoms with Gasteiger partial charge in [-0.15, -0.1) is 0 Å². The van der Waals surface area contributed by atoms with Gasteiger partial charge in [0.05, 0.1) is 13.2 Å². The Morgan fingerprint density at radius 3 is 2.88 bits per heavy atom. The van der Waals surface area contributed by atoms with Gasteiger partial charge in [0.15, 0.2) is 0 Å². The van der Waals surface area contributed by atoms with Crippen LogP contribution in [0.4, 0.5) is 5.82 Å². The molecule has 0 radical (unpaired) electrons. The van der Waals surface area contributed by atoms with Crippen molar-refractivity contribution in [1.82, 2.24) is 10.3 Å². The lowest BCUT2D eigenvalue weighted by Crippen LogP contribution is -2.31. The van der Waals surface area contributed by atoms with Crippen molar-refractivity contribution in [3.05, 3.63) is 53.7 Å². The Hall–Kier alpha value is -2.60. The fourth-order valence-electron chi connectivity index (χ4n) is 2.72. The summed E-state index contributed by atoms with van der Waals surface area (Å²) in [6.07, 6.45) is 3.84. The number of nitrogens with one attached hydrogen (secondary N) is 2. The Morgan fingerprint density at radius 2 is 2.16 bits per heavy atom. The molecule has 6 heteroatoms. The van der Waals surface area contributed by atoms with Gasteiger partial charge in [-0.05, 0) is 42.7 Å². The first-order chi connectivity index (χ1) is 12.2. The van der Waals surface area contributed by atoms with E-state index in [4.69, 9.17) is 9.47 Å². The van der Waals surface area contributed by atoms with Crippen LogP contribution in [0.1, 0.15) is 28.8 Å². The number of hydrogen-bond donors (Lipinski definition) is 2. The molecular formula is C19H23N3O3. The Balaban J connectivity index is 1.53. The quantitative estimate of drug-likeness (QED) is 0.810. The van der Waals surface area contributed by atoms with Gasteiger partial charge < -0.3 is 20.1 Å². The number of carbonyl (C=O) groups excluding carboxylic acids is 1. The summed E-state index contributed by atoms with van der Waals surface area (Å²) in [5.74, 6) is 1.39. The zero-order valence-electron chi connectivity index (χ0n) is 14.3. The third-order valence-electron chi connectivity index (χ3n) is 4.17. The van der Waals surface area contributed by atoms with Gasteiger partial charge in [0, 0.05) is 31.5 Å². The molecule has 1 atom stereocenters. The van der Waals surface area contributed by atoms with Crippen molar-refractivity contribution >= 4 is 11.7 Å². The molecule has 0 saturated carbocycles. The van der Waals surface area contributed by atoms with E-state index in [1.165, 1.54) is 0 Å². The highest BCUT2D eigenvalue weighted by atomic mass is 16.5. The molecule has 1 unspecified atom stereocenters. The average Bonchev–Trinajstić information content (AvgIpc) is 3.19. The van der Waals surface area contributed by atoms with E-state index in [0.717, 1.165) is 30.8 Å². The summed E-state index contributed by atoms with van der Waals surface area (Å²) in [5.41, 5.74) is 1.70. The topological polar surface area (TPSA) is 72.5 Å². The Labute approximate surface area is 147 Å². The van der Waals surface area contributed by atoms with Crippen molar-refractivity contribution in [2.75, 3.05) is 25.6 Å². The molecule has 1 aromatic heterocycles. The number of rotatable bonds is 7. The number of amides is 1. The van der Waals surface area contributed by atoms with E-state index in [9.17, 15) is 4.79 Å². The molecule has 1 aliphatic heterocycles. The lowest BCUT2D eigenvalue weighted by Gasteiger charge is -2.11. The Kier molecular flexibility index (Phi) is 5.85. The third kappa shape index (κ3) is 4.93. The van der Waals surface area contributed by atoms with E-state index < -0.39 is 0 Å². The number of methoxy groups -OCH3 is 1. The van der Waals surface area contributed by atoms with Crippen LogP contribution < -0.4 is 15.4 Å². The standard InChI is InChI=1S/C19H23N3O3/c1-24-16-6-4-14(5-7-16)12-21-18-11-15(8-9-20-18)19(23)22-13-17-3-2-10-25-17/h4-9,11,17H,2-3,10,12-13H2,1H3,(H,20,21)(H,22,23). The van der Waals surface area contributed by atoms with E-state index in [2.05, 4.69) is 15.6 Å². The smallest absolute Gasteiger partial charge is 0.251 e. The monoisotopic (exact) mass is 341 g/mol. The van der Waals surface area contributed by atoms with Crippen LogP contribution in [0.3, 0.4) is 0 Å². The van der Waals surface area contributed by atoms with Crippen LogP contribution in [-0.2, 0) is 11.3 Å². The second-order valence-electron chi connectivity index (χ2n) is 5.98. The number of benzene rings is 1. The number of aromatic nitrogens is 1. The van der Waals surface area contributed by atoms with Crippen LogP contribution in [-0.4, -0.2) is 37.3 Å². The molecule has 2 N–H and O–H groups in total. The molecule has 0 aliphatic carbocycles. The van der Waals surface area contributed by atoms with E-state index in [-0.39, 0.29) is 12.0 Å². The van der Waals surface area contributed by atoms with Crippen LogP contribution in [0, 0.1) is 0 Å². The maximum Gasteiger partial charge on any atom is 0.251 e. The SMILES string of the molecule is COc1ccc(CNc2cc(C(=O)NCC3CCCO3)ccn2)cc1. The highest BCUT2D eigenvalue weighted by molar-refractivity contribution is 5.94. The van der Waals surface area contributed by atoms with Crippen molar-refractivity contribution in [3.8, 4) is 5.75 Å². The van der Waals surface area contributed by atoms with Gasteiger partial charge >= 0.3 is 0 Å². The van der Waals surface area contributed by atoms with Crippen molar-refractivity contribution < 1.29 is 14.3 Å². The normalized spacial score (nSPS) is 16.4. The zero-order valence-corrected chi connectivity index (χ0v) is 14.3. The average molecular weight is 341 g/mol. The first-order valence-corrected chi connectivity index (χ1v) is 8.47. The lowest BCUT2D eigenvalue weighted by molar-refractivity contribution is 0.0857. The second-order valence-corrected chi connectivity index (χ2v) is 5.98. The number of nitrogens with zero attached hydrogens (tertiary/aromatic N) is 1. The van der Waals surface area contributed by atoms with Crippen molar-refractivity contribution in [1.29, 1.82) is 0 Å². The molecular weight excluding hydrogens is 318 g/mol. The third-order valence-corrected chi connectivity index (χ3v) is 4.17. The summed E-state index contributed by atoms with van der Waals surface area (Å²) in [7, 11) is 1.65. The number of ether oxygens (including phenoxy) is 2. The number of anilines is 1. The van der Waals surface area contributed by atoms with Crippen LogP contribution >= 0.6 is 0 Å². The number of hydrogen-bond acceptors (Lipinski definition) is 5. The van der Waals surface area contributed by atoms with Gasteiger partial charge in [0.2, 0.25) is 0 Å². The van der Waals surface area contributed by atoms with Crippen molar-refractivity contribution in [2.45, 2.75) is 25.5 Å². The maximum absolute atomic E-state index is 12.3. The molecule has 1 aromatic carbocycles. The summed E-state index contributed by atoms with van der Waals surface area (Å²) in [6.45, 7) is 1.96. The molecule has 6 nitrogen and oxygen atoms in total. The predicted octanol–water partition coefficient (Wildman–Crippen LogP) is 2.61. The van der Waals surface area contributed by atoms with Gasteiger partial charge in [-0.2, -0.15) is 0 Å². The number of pyridine rings is 1. The van der Waals surface area contributed by atoms with Crippen molar-refractivity contribution in [3.63, 3.8) is 0 Å². The molecule has 1 saturated heterocycles. The van der Waals surface area contributed by atoms with Crippen LogP contribution in [0.2, 0.25) is 0 Å². The minimum Gasteiger partial charge on any atom is -0.497 e. The van der Waals surface area contributed by atoms with Crippen molar-refractivity contribution in [2.24, 2.45) is 0 Å². The lowest BCUT2D eigenvalue weighted by atomic mass is 10.2. The minimum absolute atomic E-state index is 0.106. The molecule has 25 heavy (non-hydrogen) atoms. The molecule has 0 spiro atoms. The summed E-state index contributed by atoms with van der Waals surface area (Å²) in [5, 5.41) is 6.16. The summed E-state index contributed by atoms with van der Waals surface area (Å²) >= 11 is 0. The fourth-order valence-corrected chi connectivity index (χ4v) is 2.72. The van der Waals surface area contributed by atoms with Crippen LogP contribution in [0.25, 0.3) is 0 Å². The molecule has 0 bridgehead atoms. The van der Waals surface area contributed by atoms with Gasteiger partial charge in [-0.3, -0.25) is 4.79 Å². The molecule has 1 amide bonds. The van der Waals surface area contributed by atoms with Gasteiger partial charge in [0.25, 0.3) is 5.91 Å². The first-order valence-electron chi connectivity index (χ1n) is 8.47. The molecule has 3 rings (SSSR count). The molecule has 2 aromatic rings. The molecule has 1 aliphatic rings. The molecule has 1 fully saturated rings. The van der Waals surface area contributed by atoms with E-state index in [1.807, 2.05) is 24.3 Å². The highest BCUT2D eigenvalue weighted by Gasteiger charge is 2.16. The molecule has 2 heterocycles. The largest absolute Gasteiger partial charge is 0.497 e. The maximum atomic E-state index is 12.3. The van der Waals surface area contributed by atoms with E-state index >= 15 is 0 Å². The minimum atomic E-state index is -0.106. The molecule has 132 valence electrons. The fraction of sp³-hybridized carbons (Fsp3) is 0.368. The Morgan fingerprint density at radius 1 is 1.32 bits per heavy atom.